The van der Waals surface area contributed by atoms with Gasteiger partial charge in [-0.3, -0.25) is 0 Å². The zero-order valence-electron chi connectivity index (χ0n) is 11.7. The zero-order chi connectivity index (χ0) is 14.4. The molecule has 0 aliphatic rings. The van der Waals surface area contributed by atoms with Crippen molar-refractivity contribution >= 4 is 38.9 Å². The molecule has 0 aliphatic carbocycles. The van der Waals surface area contributed by atoms with Gasteiger partial charge in [0, 0.05) is 16.3 Å². The van der Waals surface area contributed by atoms with Crippen molar-refractivity contribution < 1.29 is 0 Å². The van der Waals surface area contributed by atoms with E-state index in [4.69, 9.17) is 0 Å². The van der Waals surface area contributed by atoms with Crippen LogP contribution in [0.5, 0.6) is 0 Å². The van der Waals surface area contributed by atoms with Crippen LogP contribution in [0.3, 0.4) is 0 Å². The average Bonchev–Trinajstić information content (AvgIpc) is 2.93. The van der Waals surface area contributed by atoms with Gasteiger partial charge in [0.1, 0.15) is 22.4 Å². The number of nitrogens with one attached hydrogen (secondary N) is 2. The maximum Gasteiger partial charge on any atom is 0.146 e. The smallest absolute Gasteiger partial charge is 0.146 e. The van der Waals surface area contributed by atoms with Gasteiger partial charge in [0.15, 0.2) is 0 Å². The van der Waals surface area contributed by atoms with Gasteiger partial charge in [-0.1, -0.05) is 13.8 Å². The van der Waals surface area contributed by atoms with Crippen molar-refractivity contribution in [3.05, 3.63) is 32.7 Å². The molecule has 0 radical (unpaired) electrons. The van der Waals surface area contributed by atoms with Crippen LogP contribution < -0.4 is 10.6 Å². The highest BCUT2D eigenvalue weighted by Crippen LogP contribution is 2.27. The van der Waals surface area contributed by atoms with Gasteiger partial charge < -0.3 is 10.6 Å². The molecule has 2 aromatic heterocycles. The van der Waals surface area contributed by atoms with Crippen LogP contribution in [0.25, 0.3) is 0 Å². The number of halogens is 1. The fourth-order valence-corrected chi connectivity index (χ4v) is 3.12. The summed E-state index contributed by atoms with van der Waals surface area (Å²) in [5.41, 5.74) is 0. The van der Waals surface area contributed by atoms with Gasteiger partial charge in [-0.2, -0.15) is 0 Å². The van der Waals surface area contributed by atoms with Crippen molar-refractivity contribution in [3.63, 3.8) is 0 Å². The number of nitrogens with zero attached hydrogens (tertiary/aromatic N) is 2. The molecule has 0 fully saturated rings. The summed E-state index contributed by atoms with van der Waals surface area (Å²) < 4.78 is 0.890. The first-order chi connectivity index (χ1) is 9.74. The van der Waals surface area contributed by atoms with Crippen LogP contribution in [0.1, 0.15) is 30.0 Å². The first-order valence-corrected chi connectivity index (χ1v) is 8.41. The van der Waals surface area contributed by atoms with Crippen LogP contribution in [0.15, 0.2) is 22.9 Å². The van der Waals surface area contributed by atoms with E-state index in [1.807, 2.05) is 11.3 Å². The van der Waals surface area contributed by atoms with Crippen LogP contribution >= 0.6 is 27.3 Å². The third-order valence-electron chi connectivity index (χ3n) is 2.83. The molecule has 0 unspecified atom stereocenters. The Labute approximate surface area is 132 Å². The van der Waals surface area contributed by atoms with Crippen molar-refractivity contribution in [2.45, 2.75) is 33.2 Å². The minimum atomic E-state index is 0.785. The molecule has 4 nitrogen and oxygen atoms in total. The Morgan fingerprint density at radius 2 is 1.80 bits per heavy atom. The van der Waals surface area contributed by atoms with Crippen molar-refractivity contribution in [1.82, 2.24) is 9.97 Å². The molecule has 2 aromatic rings. The molecular formula is C14H19BrN4S. The second kappa shape index (κ2) is 7.59. The van der Waals surface area contributed by atoms with E-state index in [-0.39, 0.29) is 0 Å². The van der Waals surface area contributed by atoms with Crippen molar-refractivity contribution in [2.75, 3.05) is 17.2 Å². The SMILES string of the molecule is CCCNc1ncnc(NCc2ccc(CC)s2)c1Br. The Morgan fingerprint density at radius 3 is 2.45 bits per heavy atom. The molecule has 6 heteroatoms. The molecule has 20 heavy (non-hydrogen) atoms. The lowest BCUT2D eigenvalue weighted by Gasteiger charge is -2.10. The lowest BCUT2D eigenvalue weighted by Crippen LogP contribution is -2.07. The van der Waals surface area contributed by atoms with E-state index in [9.17, 15) is 0 Å². The van der Waals surface area contributed by atoms with Gasteiger partial charge in [-0.25, -0.2) is 9.97 Å². The quantitative estimate of drug-likeness (QED) is 0.778. The zero-order valence-corrected chi connectivity index (χ0v) is 14.1. The normalized spacial score (nSPS) is 10.6. The molecule has 2 N–H and O–H groups in total. The lowest BCUT2D eigenvalue weighted by atomic mass is 10.3. The first kappa shape index (κ1) is 15.3. The molecule has 0 spiro atoms. The van der Waals surface area contributed by atoms with Crippen LogP contribution in [0, 0.1) is 0 Å². The van der Waals surface area contributed by atoms with E-state index in [2.05, 4.69) is 62.5 Å². The number of hydrogen-bond donors (Lipinski definition) is 2. The highest BCUT2D eigenvalue weighted by Gasteiger charge is 2.08. The number of aryl methyl sites for hydroxylation is 1. The Bertz CT molecular complexity index is 556. The summed E-state index contributed by atoms with van der Waals surface area (Å²) in [6, 6.07) is 4.35. The molecule has 108 valence electrons. The molecule has 2 rings (SSSR count). The van der Waals surface area contributed by atoms with E-state index in [1.165, 1.54) is 9.75 Å². The molecule has 0 saturated carbocycles. The van der Waals surface area contributed by atoms with E-state index < -0.39 is 0 Å². The maximum absolute atomic E-state index is 4.28. The highest BCUT2D eigenvalue weighted by molar-refractivity contribution is 9.10. The van der Waals surface area contributed by atoms with Crippen LogP contribution in [-0.4, -0.2) is 16.5 Å². The maximum atomic E-state index is 4.28. The molecule has 0 bridgehead atoms. The van der Waals surface area contributed by atoms with Crippen LogP contribution in [0.4, 0.5) is 11.6 Å². The molecule has 0 aliphatic heterocycles. The summed E-state index contributed by atoms with van der Waals surface area (Å²) >= 11 is 5.40. The lowest BCUT2D eigenvalue weighted by molar-refractivity contribution is 0.960. The molecule has 0 amide bonds. The number of rotatable bonds is 7. The molecule has 0 saturated heterocycles. The van der Waals surface area contributed by atoms with Crippen molar-refractivity contribution in [1.29, 1.82) is 0 Å². The Kier molecular flexibility index (Phi) is 5.79. The fraction of sp³-hybridized carbons (Fsp3) is 0.429. The topological polar surface area (TPSA) is 49.8 Å². The van der Waals surface area contributed by atoms with Gasteiger partial charge in [0.05, 0.1) is 6.54 Å². The summed E-state index contributed by atoms with van der Waals surface area (Å²) in [6.45, 7) is 5.99. The number of aromatic nitrogens is 2. The standard InChI is InChI=1S/C14H19BrN4S/c1-3-7-16-13-12(15)14(19-9-18-13)17-8-11-6-5-10(4-2)20-11/h5-6,9H,3-4,7-8H2,1-2H3,(H2,16,17,18,19). The van der Waals surface area contributed by atoms with Gasteiger partial charge >= 0.3 is 0 Å². The van der Waals surface area contributed by atoms with Crippen molar-refractivity contribution in [2.24, 2.45) is 0 Å². The third kappa shape index (κ3) is 3.93. The summed E-state index contributed by atoms with van der Waals surface area (Å²) in [5, 5.41) is 6.63. The van der Waals surface area contributed by atoms with E-state index in [1.54, 1.807) is 6.33 Å². The Morgan fingerprint density at radius 1 is 1.10 bits per heavy atom. The Balaban J connectivity index is 2.01. The summed E-state index contributed by atoms with van der Waals surface area (Å²) in [5.74, 6) is 1.66. The monoisotopic (exact) mass is 354 g/mol. The summed E-state index contributed by atoms with van der Waals surface area (Å²) in [7, 11) is 0. The number of anilines is 2. The van der Waals surface area contributed by atoms with Crippen LogP contribution in [0.2, 0.25) is 0 Å². The molecule has 2 heterocycles. The summed E-state index contributed by atoms with van der Waals surface area (Å²) in [6.07, 6.45) is 3.73. The predicted octanol–water partition coefficient (Wildman–Crippen LogP) is 4.30. The van der Waals surface area contributed by atoms with Gasteiger partial charge in [0.2, 0.25) is 0 Å². The van der Waals surface area contributed by atoms with Crippen LogP contribution in [-0.2, 0) is 13.0 Å². The van der Waals surface area contributed by atoms with Crippen molar-refractivity contribution in [3.8, 4) is 0 Å². The molecule has 0 aromatic carbocycles. The van der Waals surface area contributed by atoms with Gasteiger partial charge in [-0.15, -0.1) is 11.3 Å². The third-order valence-corrected chi connectivity index (χ3v) is 4.81. The first-order valence-electron chi connectivity index (χ1n) is 6.80. The van der Waals surface area contributed by atoms with Gasteiger partial charge in [0.25, 0.3) is 0 Å². The highest BCUT2D eigenvalue weighted by atomic mass is 79.9. The van der Waals surface area contributed by atoms with E-state index >= 15 is 0 Å². The number of hydrogen-bond acceptors (Lipinski definition) is 5. The number of thiophene rings is 1. The fourth-order valence-electron chi connectivity index (χ4n) is 1.74. The second-order valence-electron chi connectivity index (χ2n) is 4.39. The molecule has 0 atom stereocenters. The second-order valence-corrected chi connectivity index (χ2v) is 6.43. The van der Waals surface area contributed by atoms with Gasteiger partial charge in [-0.05, 0) is 40.9 Å². The minimum Gasteiger partial charge on any atom is -0.369 e. The van der Waals surface area contributed by atoms with E-state index in [0.29, 0.717) is 0 Å². The molecular weight excluding hydrogens is 336 g/mol. The van der Waals surface area contributed by atoms with E-state index in [0.717, 1.165) is 42.0 Å². The summed E-state index contributed by atoms with van der Waals surface area (Å²) in [4.78, 5) is 11.3. The predicted molar refractivity (Wildman–Crippen MR) is 89.5 cm³/mol. The largest absolute Gasteiger partial charge is 0.369 e. The average molecular weight is 355 g/mol. The Hall–Kier alpha value is -1.14. The minimum absolute atomic E-state index is 0.785.